The lowest BCUT2D eigenvalue weighted by Crippen LogP contribution is -3.14. The molecule has 1 aliphatic rings. The summed E-state index contributed by atoms with van der Waals surface area (Å²) in [4.78, 5) is 3.77. The van der Waals surface area contributed by atoms with E-state index in [1.165, 1.54) is 16.2 Å². The third-order valence-electron chi connectivity index (χ3n) is 6.91. The van der Waals surface area contributed by atoms with Gasteiger partial charge in [0.2, 0.25) is 11.0 Å². The fraction of sp³-hybridized carbons (Fsp3) is 0.250. The summed E-state index contributed by atoms with van der Waals surface area (Å²) in [6.45, 7) is 8.48. The molecule has 3 N–H and O–H groups in total. The topological polar surface area (TPSA) is 69.6 Å². The fourth-order valence-corrected chi connectivity index (χ4v) is 5.16. The van der Waals surface area contributed by atoms with Gasteiger partial charge in [0.15, 0.2) is 12.4 Å². The van der Waals surface area contributed by atoms with E-state index in [9.17, 15) is 5.11 Å². The van der Waals surface area contributed by atoms with E-state index in [-0.39, 0.29) is 11.0 Å². The van der Waals surface area contributed by atoms with E-state index >= 15 is 0 Å². The Balaban J connectivity index is 1.32. The van der Waals surface area contributed by atoms with Gasteiger partial charge in [0.1, 0.15) is 0 Å². The highest BCUT2D eigenvalue weighted by molar-refractivity contribution is 7.80. The number of anilines is 2. The molecule has 5 rings (SSSR count). The predicted octanol–water partition coefficient (Wildman–Crippen LogP) is 5.46. The predicted molar refractivity (Wildman–Crippen MR) is 155 cm³/mol. The SMILES string of the molecule is Cc1ccccc1NC(=S)N=Nc1c(O)n(C[NH+]2CCN(c3cc(Cl)ccc3C)CC2)c2ccccc12. The first-order valence-corrected chi connectivity index (χ1v) is 13.1. The number of nitrogens with one attached hydrogen (secondary N) is 2. The number of hydrogen-bond acceptors (Lipinski definition) is 4. The van der Waals surface area contributed by atoms with Crippen LogP contribution in [0.5, 0.6) is 5.88 Å². The molecular weight excluding hydrogens is 504 g/mol. The normalized spacial score (nSPS) is 14.5. The van der Waals surface area contributed by atoms with Crippen molar-refractivity contribution in [2.24, 2.45) is 10.2 Å². The van der Waals surface area contributed by atoms with Crippen LogP contribution in [-0.4, -0.2) is 41.0 Å². The summed E-state index contributed by atoms with van der Waals surface area (Å²) in [5.74, 6) is 0.101. The van der Waals surface area contributed by atoms with Gasteiger partial charge in [0, 0.05) is 21.8 Å². The molecule has 37 heavy (non-hydrogen) atoms. The molecule has 7 nitrogen and oxygen atoms in total. The van der Waals surface area contributed by atoms with Crippen LogP contribution >= 0.6 is 23.8 Å². The van der Waals surface area contributed by atoms with Gasteiger partial charge < -0.3 is 20.2 Å². The molecule has 1 aromatic heterocycles. The standard InChI is InChI=1S/C28H29ClN6OS/c1-19-7-3-5-9-23(19)30-28(37)32-31-26-22-8-4-6-10-24(22)35(27(26)36)18-33-13-15-34(16-14-33)25-17-21(29)12-11-20(25)2/h3-12,17,36H,13-16,18H2,1-2H3,(H,30,37)/p+1. The van der Waals surface area contributed by atoms with Crippen molar-refractivity contribution >= 4 is 56.9 Å². The minimum absolute atomic E-state index is 0.101. The van der Waals surface area contributed by atoms with Crippen LogP contribution in [0.15, 0.2) is 77.0 Å². The van der Waals surface area contributed by atoms with Crippen molar-refractivity contribution in [2.45, 2.75) is 20.5 Å². The zero-order chi connectivity index (χ0) is 25.9. The lowest BCUT2D eigenvalue weighted by Gasteiger charge is -2.34. The minimum atomic E-state index is 0.101. The quantitative estimate of drug-likeness (QED) is 0.235. The molecule has 0 unspecified atom stereocenters. The van der Waals surface area contributed by atoms with Gasteiger partial charge >= 0.3 is 0 Å². The number of aromatic hydroxyl groups is 1. The molecule has 0 saturated carbocycles. The van der Waals surface area contributed by atoms with Gasteiger partial charge in [-0.05, 0) is 61.5 Å². The van der Waals surface area contributed by atoms with Crippen molar-refractivity contribution in [1.82, 2.24) is 4.57 Å². The molecule has 0 aliphatic carbocycles. The summed E-state index contributed by atoms with van der Waals surface area (Å²) >= 11 is 11.6. The van der Waals surface area contributed by atoms with Crippen molar-refractivity contribution in [3.63, 3.8) is 0 Å². The molecule has 1 fully saturated rings. The zero-order valence-corrected chi connectivity index (χ0v) is 22.5. The number of aromatic nitrogens is 1. The summed E-state index contributed by atoms with van der Waals surface area (Å²) in [5, 5.41) is 24.7. The van der Waals surface area contributed by atoms with Crippen LogP contribution in [-0.2, 0) is 6.67 Å². The molecule has 3 aromatic carbocycles. The Labute approximate surface area is 227 Å². The molecule has 9 heteroatoms. The lowest BCUT2D eigenvalue weighted by atomic mass is 10.1. The number of rotatable bonds is 5. The summed E-state index contributed by atoms with van der Waals surface area (Å²) in [7, 11) is 0. The van der Waals surface area contributed by atoms with Crippen LogP contribution in [0.3, 0.4) is 0 Å². The van der Waals surface area contributed by atoms with Gasteiger partial charge in [-0.2, -0.15) is 0 Å². The third-order valence-corrected chi connectivity index (χ3v) is 7.33. The zero-order valence-electron chi connectivity index (χ0n) is 20.9. The van der Waals surface area contributed by atoms with Gasteiger partial charge in [-0.1, -0.05) is 54.1 Å². The Hall–Kier alpha value is -3.46. The number of quaternary nitrogens is 1. The van der Waals surface area contributed by atoms with Crippen molar-refractivity contribution in [3.8, 4) is 5.88 Å². The van der Waals surface area contributed by atoms with E-state index in [4.69, 9.17) is 23.8 Å². The van der Waals surface area contributed by atoms with Crippen molar-refractivity contribution < 1.29 is 10.0 Å². The Morgan fingerprint density at radius 3 is 2.54 bits per heavy atom. The number of benzene rings is 3. The van der Waals surface area contributed by atoms with Crippen molar-refractivity contribution in [1.29, 1.82) is 0 Å². The van der Waals surface area contributed by atoms with Crippen LogP contribution in [0.2, 0.25) is 5.02 Å². The Bertz CT molecular complexity index is 1480. The van der Waals surface area contributed by atoms with Gasteiger partial charge in [0.25, 0.3) is 0 Å². The second-order valence-electron chi connectivity index (χ2n) is 9.39. The third kappa shape index (κ3) is 5.46. The monoisotopic (exact) mass is 533 g/mol. The first kappa shape index (κ1) is 25.2. The molecule has 1 saturated heterocycles. The largest absolute Gasteiger partial charge is 0.493 e. The van der Waals surface area contributed by atoms with Crippen LogP contribution in [0, 0.1) is 13.8 Å². The maximum absolute atomic E-state index is 11.2. The molecule has 2 heterocycles. The van der Waals surface area contributed by atoms with Crippen LogP contribution < -0.4 is 15.1 Å². The second-order valence-corrected chi connectivity index (χ2v) is 10.2. The van der Waals surface area contributed by atoms with E-state index in [1.54, 1.807) is 0 Å². The first-order valence-electron chi connectivity index (χ1n) is 12.3. The van der Waals surface area contributed by atoms with Gasteiger partial charge in [-0.3, -0.25) is 4.57 Å². The lowest BCUT2D eigenvalue weighted by molar-refractivity contribution is -0.923. The molecule has 1 aliphatic heterocycles. The molecule has 0 bridgehead atoms. The van der Waals surface area contributed by atoms with E-state index in [2.05, 4.69) is 33.4 Å². The second kappa shape index (κ2) is 10.9. The Kier molecular flexibility index (Phi) is 7.41. The average Bonchev–Trinajstić information content (AvgIpc) is 3.16. The van der Waals surface area contributed by atoms with Crippen molar-refractivity contribution in [3.05, 3.63) is 82.9 Å². The summed E-state index contributed by atoms with van der Waals surface area (Å²) < 4.78 is 1.93. The fourth-order valence-electron chi connectivity index (χ4n) is 4.85. The molecule has 0 amide bonds. The van der Waals surface area contributed by atoms with Crippen LogP contribution in [0.1, 0.15) is 11.1 Å². The maximum Gasteiger partial charge on any atom is 0.225 e. The molecule has 0 spiro atoms. The molecule has 0 radical (unpaired) electrons. The number of aryl methyl sites for hydroxylation is 2. The number of thiocarbonyl (C=S) groups is 1. The smallest absolute Gasteiger partial charge is 0.225 e. The molecule has 4 aromatic rings. The van der Waals surface area contributed by atoms with E-state index in [0.29, 0.717) is 12.4 Å². The van der Waals surface area contributed by atoms with E-state index in [1.807, 2.05) is 72.2 Å². The number of halogens is 1. The molecular formula is C28H30ClN6OS+. The average molecular weight is 534 g/mol. The summed E-state index contributed by atoms with van der Waals surface area (Å²) in [5.41, 5.74) is 5.72. The highest BCUT2D eigenvalue weighted by Crippen LogP contribution is 2.38. The number of piperazine rings is 1. The van der Waals surface area contributed by atoms with Gasteiger partial charge in [-0.25, -0.2) is 0 Å². The number of para-hydroxylation sites is 2. The Morgan fingerprint density at radius 1 is 1.03 bits per heavy atom. The summed E-state index contributed by atoms with van der Waals surface area (Å²) in [6.07, 6.45) is 0. The summed E-state index contributed by atoms with van der Waals surface area (Å²) in [6, 6.07) is 21.8. The van der Waals surface area contributed by atoms with Crippen molar-refractivity contribution in [2.75, 3.05) is 36.4 Å². The van der Waals surface area contributed by atoms with E-state index < -0.39 is 0 Å². The Morgan fingerprint density at radius 2 is 1.76 bits per heavy atom. The number of azo groups is 1. The minimum Gasteiger partial charge on any atom is -0.493 e. The highest BCUT2D eigenvalue weighted by atomic mass is 35.5. The molecule has 190 valence electrons. The van der Waals surface area contributed by atoms with Crippen LogP contribution in [0.25, 0.3) is 10.9 Å². The maximum atomic E-state index is 11.2. The number of nitrogens with zero attached hydrogens (tertiary/aromatic N) is 4. The van der Waals surface area contributed by atoms with Gasteiger partial charge in [0.05, 0.1) is 31.7 Å². The van der Waals surface area contributed by atoms with Gasteiger partial charge in [-0.15, -0.1) is 10.2 Å². The van der Waals surface area contributed by atoms with Crippen LogP contribution in [0.4, 0.5) is 17.1 Å². The van der Waals surface area contributed by atoms with E-state index in [0.717, 1.165) is 53.4 Å². The first-order chi connectivity index (χ1) is 17.9. The number of fused-ring (bicyclic) bond motifs is 1. The highest BCUT2D eigenvalue weighted by Gasteiger charge is 2.25. The molecule has 0 atom stereocenters. The number of hydrogen-bond donors (Lipinski definition) is 3.